The van der Waals surface area contributed by atoms with Gasteiger partial charge in [0.1, 0.15) is 17.2 Å². The zero-order valence-corrected chi connectivity index (χ0v) is 15.6. The van der Waals surface area contributed by atoms with Crippen LogP contribution in [0, 0.1) is 11.3 Å². The van der Waals surface area contributed by atoms with Crippen LogP contribution in [0.5, 0.6) is 11.5 Å². The van der Waals surface area contributed by atoms with Crippen molar-refractivity contribution in [3.63, 3.8) is 0 Å². The first-order chi connectivity index (χ1) is 13.6. The normalized spacial score (nSPS) is 11.4. The number of ether oxygens (including phenoxy) is 3. The van der Waals surface area contributed by atoms with Crippen molar-refractivity contribution in [3.8, 4) is 17.6 Å². The van der Waals surface area contributed by atoms with Crippen molar-refractivity contribution in [2.75, 3.05) is 26.6 Å². The van der Waals surface area contributed by atoms with Crippen molar-refractivity contribution in [2.24, 2.45) is 0 Å². The first-order valence-electron chi connectivity index (χ1n) is 8.33. The van der Waals surface area contributed by atoms with Gasteiger partial charge in [0, 0.05) is 23.9 Å². The lowest BCUT2D eigenvalue weighted by Crippen LogP contribution is -2.16. The average Bonchev–Trinajstić information content (AvgIpc) is 2.73. The standard InChI is InChI=1S/C20H18N4O4/c1-26-13-8-12(9-14(10-13)27-2)22-19-18(15(11-21)20(25)28-3)23-16-6-4-5-7-17(16)24-19/h4-10,15H,1-3H3,(H,22,24). The van der Waals surface area contributed by atoms with Crippen LogP contribution in [0.25, 0.3) is 11.0 Å². The molecule has 0 spiro atoms. The lowest BCUT2D eigenvalue weighted by atomic mass is 10.1. The van der Waals surface area contributed by atoms with Gasteiger partial charge in [-0.15, -0.1) is 0 Å². The summed E-state index contributed by atoms with van der Waals surface area (Å²) in [6.45, 7) is 0. The molecular weight excluding hydrogens is 360 g/mol. The molecule has 0 aliphatic rings. The summed E-state index contributed by atoms with van der Waals surface area (Å²) in [6, 6.07) is 14.3. The van der Waals surface area contributed by atoms with E-state index in [9.17, 15) is 10.1 Å². The number of nitrogens with zero attached hydrogens (tertiary/aromatic N) is 3. The number of nitriles is 1. The summed E-state index contributed by atoms with van der Waals surface area (Å²) in [5, 5.41) is 12.6. The minimum atomic E-state index is -1.22. The predicted octanol–water partition coefficient (Wildman–Crippen LogP) is 3.17. The van der Waals surface area contributed by atoms with Crippen LogP contribution in [0.4, 0.5) is 11.5 Å². The fourth-order valence-electron chi connectivity index (χ4n) is 2.67. The van der Waals surface area contributed by atoms with Gasteiger partial charge >= 0.3 is 5.97 Å². The molecule has 0 radical (unpaired) electrons. The van der Waals surface area contributed by atoms with Crippen molar-refractivity contribution in [1.82, 2.24) is 9.97 Å². The van der Waals surface area contributed by atoms with Crippen LogP contribution in [0.2, 0.25) is 0 Å². The highest BCUT2D eigenvalue weighted by molar-refractivity contribution is 5.85. The van der Waals surface area contributed by atoms with Crippen molar-refractivity contribution < 1.29 is 19.0 Å². The van der Waals surface area contributed by atoms with E-state index in [1.165, 1.54) is 7.11 Å². The van der Waals surface area contributed by atoms with Crippen LogP contribution < -0.4 is 14.8 Å². The molecule has 142 valence electrons. The van der Waals surface area contributed by atoms with Crippen LogP contribution in [0.3, 0.4) is 0 Å². The van der Waals surface area contributed by atoms with Gasteiger partial charge in [-0.25, -0.2) is 9.97 Å². The van der Waals surface area contributed by atoms with Gasteiger partial charge in [0.15, 0.2) is 11.7 Å². The van der Waals surface area contributed by atoms with Gasteiger partial charge in [-0.2, -0.15) is 5.26 Å². The maximum absolute atomic E-state index is 12.1. The zero-order chi connectivity index (χ0) is 20.1. The molecule has 8 heteroatoms. The Morgan fingerprint density at radius 1 is 1.04 bits per heavy atom. The number of aromatic nitrogens is 2. The molecule has 1 unspecified atom stereocenters. The molecule has 0 saturated heterocycles. The molecule has 0 bridgehead atoms. The largest absolute Gasteiger partial charge is 0.497 e. The Morgan fingerprint density at radius 3 is 2.18 bits per heavy atom. The third-order valence-electron chi connectivity index (χ3n) is 4.05. The van der Waals surface area contributed by atoms with Gasteiger partial charge in [-0.3, -0.25) is 4.79 Å². The summed E-state index contributed by atoms with van der Waals surface area (Å²) in [7, 11) is 4.31. The Balaban J connectivity index is 2.15. The Hall–Kier alpha value is -3.86. The molecule has 0 saturated carbocycles. The van der Waals surface area contributed by atoms with E-state index in [1.807, 2.05) is 12.1 Å². The number of hydrogen-bond donors (Lipinski definition) is 1. The summed E-state index contributed by atoms with van der Waals surface area (Å²) in [5.74, 6) is -0.523. The number of methoxy groups -OCH3 is 3. The number of fused-ring (bicyclic) bond motifs is 1. The van der Waals surface area contributed by atoms with E-state index in [-0.39, 0.29) is 11.5 Å². The summed E-state index contributed by atoms with van der Waals surface area (Å²) < 4.78 is 15.3. The van der Waals surface area contributed by atoms with Crippen molar-refractivity contribution in [2.45, 2.75) is 5.92 Å². The minimum Gasteiger partial charge on any atom is -0.497 e. The van der Waals surface area contributed by atoms with E-state index in [0.717, 1.165) is 0 Å². The first-order valence-corrected chi connectivity index (χ1v) is 8.33. The Labute approximate surface area is 161 Å². The maximum atomic E-state index is 12.1. The lowest BCUT2D eigenvalue weighted by molar-refractivity contribution is -0.141. The molecule has 3 aromatic rings. The number of para-hydroxylation sites is 2. The van der Waals surface area contributed by atoms with E-state index in [0.29, 0.717) is 28.2 Å². The molecule has 1 N–H and O–H groups in total. The third kappa shape index (κ3) is 3.78. The van der Waals surface area contributed by atoms with Crippen molar-refractivity contribution in [1.29, 1.82) is 5.26 Å². The summed E-state index contributed by atoms with van der Waals surface area (Å²) >= 11 is 0. The Bertz CT molecular complexity index is 1040. The quantitative estimate of drug-likeness (QED) is 0.652. The lowest BCUT2D eigenvalue weighted by Gasteiger charge is -2.15. The van der Waals surface area contributed by atoms with Crippen LogP contribution in [-0.4, -0.2) is 37.3 Å². The number of hydrogen-bond acceptors (Lipinski definition) is 8. The number of carbonyl (C=O) groups excluding carboxylic acids is 1. The highest BCUT2D eigenvalue weighted by Gasteiger charge is 2.27. The highest BCUT2D eigenvalue weighted by atomic mass is 16.5. The summed E-state index contributed by atoms with van der Waals surface area (Å²) in [5.41, 5.74) is 1.96. The van der Waals surface area contributed by atoms with Crippen LogP contribution in [0.15, 0.2) is 42.5 Å². The summed E-state index contributed by atoms with van der Waals surface area (Å²) in [4.78, 5) is 21.1. The SMILES string of the molecule is COC(=O)C(C#N)c1nc2ccccc2nc1Nc1cc(OC)cc(OC)c1. The van der Waals surface area contributed by atoms with Gasteiger partial charge in [-0.05, 0) is 12.1 Å². The second-order valence-electron chi connectivity index (χ2n) is 5.76. The van der Waals surface area contributed by atoms with E-state index >= 15 is 0 Å². The van der Waals surface area contributed by atoms with E-state index < -0.39 is 11.9 Å². The number of nitrogens with one attached hydrogen (secondary N) is 1. The molecule has 0 fully saturated rings. The third-order valence-corrected chi connectivity index (χ3v) is 4.05. The monoisotopic (exact) mass is 378 g/mol. The molecule has 1 heterocycles. The van der Waals surface area contributed by atoms with Crippen LogP contribution >= 0.6 is 0 Å². The molecular formula is C20H18N4O4. The topological polar surface area (TPSA) is 106 Å². The number of esters is 1. The molecule has 1 aromatic heterocycles. The zero-order valence-electron chi connectivity index (χ0n) is 15.6. The second-order valence-corrected chi connectivity index (χ2v) is 5.76. The fourth-order valence-corrected chi connectivity index (χ4v) is 2.67. The van der Waals surface area contributed by atoms with Gasteiger partial charge in [0.2, 0.25) is 0 Å². The van der Waals surface area contributed by atoms with Gasteiger partial charge in [0.05, 0.1) is 38.4 Å². The Kier molecular flexibility index (Phi) is 5.56. The smallest absolute Gasteiger partial charge is 0.329 e. The maximum Gasteiger partial charge on any atom is 0.329 e. The van der Waals surface area contributed by atoms with E-state index in [2.05, 4.69) is 15.3 Å². The number of rotatable bonds is 6. The van der Waals surface area contributed by atoms with E-state index in [4.69, 9.17) is 14.2 Å². The van der Waals surface area contributed by atoms with Gasteiger partial charge in [0.25, 0.3) is 0 Å². The number of anilines is 2. The molecule has 2 aromatic carbocycles. The Morgan fingerprint density at radius 2 is 1.64 bits per heavy atom. The molecule has 3 rings (SSSR count). The minimum absolute atomic E-state index is 0.176. The van der Waals surface area contributed by atoms with Crippen LogP contribution in [-0.2, 0) is 9.53 Å². The fraction of sp³-hybridized carbons (Fsp3) is 0.200. The van der Waals surface area contributed by atoms with Gasteiger partial charge in [-0.1, -0.05) is 12.1 Å². The second kappa shape index (κ2) is 8.22. The molecule has 0 aliphatic carbocycles. The first kappa shape index (κ1) is 18.9. The molecule has 0 aliphatic heterocycles. The summed E-state index contributed by atoms with van der Waals surface area (Å²) in [6.07, 6.45) is 0. The number of carbonyl (C=O) groups is 1. The molecule has 0 amide bonds. The predicted molar refractivity (Wildman–Crippen MR) is 103 cm³/mol. The average molecular weight is 378 g/mol. The molecule has 28 heavy (non-hydrogen) atoms. The van der Waals surface area contributed by atoms with Crippen molar-refractivity contribution >= 4 is 28.5 Å². The highest BCUT2D eigenvalue weighted by Crippen LogP contribution is 2.31. The molecule has 8 nitrogen and oxygen atoms in total. The number of benzene rings is 2. The van der Waals surface area contributed by atoms with Gasteiger partial charge < -0.3 is 19.5 Å². The van der Waals surface area contributed by atoms with Crippen LogP contribution in [0.1, 0.15) is 11.6 Å². The van der Waals surface area contributed by atoms with Crippen molar-refractivity contribution in [3.05, 3.63) is 48.2 Å². The molecule has 1 atom stereocenters. The van der Waals surface area contributed by atoms with E-state index in [1.54, 1.807) is 50.6 Å².